The van der Waals surface area contributed by atoms with Crippen LogP contribution in [0.4, 0.5) is 0 Å². The predicted octanol–water partition coefficient (Wildman–Crippen LogP) is 3.16. The Kier molecular flexibility index (Phi) is 12.0. The van der Waals surface area contributed by atoms with Crippen molar-refractivity contribution in [2.24, 2.45) is 11.8 Å². The van der Waals surface area contributed by atoms with Crippen molar-refractivity contribution in [3.63, 3.8) is 0 Å². The van der Waals surface area contributed by atoms with Crippen molar-refractivity contribution in [1.29, 1.82) is 0 Å². The summed E-state index contributed by atoms with van der Waals surface area (Å²) < 4.78 is 0. The lowest BCUT2D eigenvalue weighted by Gasteiger charge is -2.34. The summed E-state index contributed by atoms with van der Waals surface area (Å²) in [6.45, 7) is 9.92. The standard InChI is InChI=1S/C30H46O6/c1-18(2)24-12-8-6-10-21(24)14-20(5)15-23(16-22-11-7-9-13-25(22)19(3)4)27(33)29(35)30(36)28(34)26(32)17-31/h6-13,18-20,23,26-36H,14-17H2,1-5H3/t20?,23?,26-,27?,28+,29+,30-/m0/s1. The highest BCUT2D eigenvalue weighted by atomic mass is 16.4. The SMILES string of the molecule is CC(Cc1ccccc1C(C)C)CC(Cc1ccccc1C(C)C)C(O)[C@@H](O)[C@@H](O)[C@H](O)[C@@H](O)CO. The van der Waals surface area contributed by atoms with E-state index in [1.807, 2.05) is 30.3 Å². The van der Waals surface area contributed by atoms with Crippen molar-refractivity contribution in [2.45, 2.75) is 96.2 Å². The zero-order valence-electron chi connectivity index (χ0n) is 22.3. The largest absolute Gasteiger partial charge is 0.394 e. The first-order valence-corrected chi connectivity index (χ1v) is 13.1. The van der Waals surface area contributed by atoms with Crippen molar-refractivity contribution >= 4 is 0 Å². The van der Waals surface area contributed by atoms with E-state index < -0.39 is 43.0 Å². The van der Waals surface area contributed by atoms with Crippen LogP contribution in [0.2, 0.25) is 0 Å². The molecule has 0 bridgehead atoms. The van der Waals surface area contributed by atoms with Crippen LogP contribution in [0.25, 0.3) is 0 Å². The van der Waals surface area contributed by atoms with E-state index in [-0.39, 0.29) is 11.8 Å². The lowest BCUT2D eigenvalue weighted by Crippen LogP contribution is -2.52. The lowest BCUT2D eigenvalue weighted by atomic mass is 9.78. The Balaban J connectivity index is 2.31. The van der Waals surface area contributed by atoms with Gasteiger partial charge in [-0.2, -0.15) is 0 Å². The van der Waals surface area contributed by atoms with Gasteiger partial charge in [-0.05, 0) is 65.2 Å². The van der Waals surface area contributed by atoms with Crippen molar-refractivity contribution in [2.75, 3.05) is 6.61 Å². The average Bonchev–Trinajstić information content (AvgIpc) is 2.86. The molecule has 202 valence electrons. The van der Waals surface area contributed by atoms with Gasteiger partial charge in [0, 0.05) is 0 Å². The number of hydrogen-bond acceptors (Lipinski definition) is 6. The van der Waals surface area contributed by atoms with Crippen LogP contribution in [0.15, 0.2) is 48.5 Å². The Morgan fingerprint density at radius 1 is 0.583 bits per heavy atom. The zero-order chi connectivity index (χ0) is 27.0. The minimum atomic E-state index is -1.80. The van der Waals surface area contributed by atoms with Crippen LogP contribution in [0.3, 0.4) is 0 Å². The Labute approximate surface area is 216 Å². The van der Waals surface area contributed by atoms with Gasteiger partial charge in [0.1, 0.15) is 24.4 Å². The molecule has 0 spiro atoms. The summed E-state index contributed by atoms with van der Waals surface area (Å²) in [5.74, 6) is 0.442. The summed E-state index contributed by atoms with van der Waals surface area (Å²) in [5.41, 5.74) is 4.79. The van der Waals surface area contributed by atoms with Crippen molar-refractivity contribution in [3.8, 4) is 0 Å². The van der Waals surface area contributed by atoms with Gasteiger partial charge in [0.25, 0.3) is 0 Å². The fraction of sp³-hybridized carbons (Fsp3) is 0.600. The molecule has 0 amide bonds. The van der Waals surface area contributed by atoms with Crippen LogP contribution in [0, 0.1) is 11.8 Å². The summed E-state index contributed by atoms with van der Waals surface area (Å²) in [5, 5.41) is 61.4. The van der Waals surface area contributed by atoms with Gasteiger partial charge >= 0.3 is 0 Å². The number of hydrogen-bond donors (Lipinski definition) is 6. The third kappa shape index (κ3) is 8.10. The van der Waals surface area contributed by atoms with Crippen LogP contribution in [-0.2, 0) is 12.8 Å². The maximum atomic E-state index is 11.2. The van der Waals surface area contributed by atoms with E-state index in [0.29, 0.717) is 18.8 Å². The third-order valence-corrected chi connectivity index (χ3v) is 7.22. The van der Waals surface area contributed by atoms with Crippen molar-refractivity contribution < 1.29 is 30.6 Å². The molecule has 0 aromatic heterocycles. The molecule has 0 aliphatic heterocycles. The van der Waals surface area contributed by atoms with Gasteiger partial charge in [-0.3, -0.25) is 0 Å². The molecular weight excluding hydrogens is 456 g/mol. The predicted molar refractivity (Wildman–Crippen MR) is 143 cm³/mol. The summed E-state index contributed by atoms with van der Waals surface area (Å²) in [6.07, 6.45) is -6.34. The van der Waals surface area contributed by atoms with Gasteiger partial charge in [-0.25, -0.2) is 0 Å². The molecule has 0 saturated carbocycles. The fourth-order valence-electron chi connectivity index (χ4n) is 5.19. The molecule has 6 nitrogen and oxygen atoms in total. The molecule has 2 aromatic carbocycles. The summed E-state index contributed by atoms with van der Waals surface area (Å²) in [7, 11) is 0. The fourth-order valence-corrected chi connectivity index (χ4v) is 5.19. The van der Waals surface area contributed by atoms with Crippen LogP contribution in [0.1, 0.15) is 75.1 Å². The molecule has 0 saturated heterocycles. The van der Waals surface area contributed by atoms with E-state index in [2.05, 4.69) is 52.8 Å². The Morgan fingerprint density at radius 2 is 1.03 bits per heavy atom. The lowest BCUT2D eigenvalue weighted by molar-refractivity contribution is -0.149. The van der Waals surface area contributed by atoms with E-state index in [9.17, 15) is 25.5 Å². The van der Waals surface area contributed by atoms with Gasteiger partial charge < -0.3 is 30.6 Å². The number of rotatable bonds is 14. The molecular formula is C30H46O6. The second kappa shape index (κ2) is 14.2. The molecule has 7 atom stereocenters. The van der Waals surface area contributed by atoms with Crippen LogP contribution >= 0.6 is 0 Å². The van der Waals surface area contributed by atoms with Crippen molar-refractivity contribution in [3.05, 3.63) is 70.8 Å². The topological polar surface area (TPSA) is 121 Å². The van der Waals surface area contributed by atoms with E-state index >= 15 is 0 Å². The smallest absolute Gasteiger partial charge is 0.111 e. The van der Waals surface area contributed by atoms with Gasteiger partial charge in [-0.1, -0.05) is 83.1 Å². The zero-order valence-corrected chi connectivity index (χ0v) is 22.3. The monoisotopic (exact) mass is 502 g/mol. The van der Waals surface area contributed by atoms with Crippen LogP contribution in [0.5, 0.6) is 0 Å². The van der Waals surface area contributed by atoms with Gasteiger partial charge in [0.05, 0.1) is 12.7 Å². The first-order chi connectivity index (χ1) is 17.0. The molecule has 3 unspecified atom stereocenters. The second-order valence-corrected chi connectivity index (χ2v) is 10.9. The van der Waals surface area contributed by atoms with E-state index in [4.69, 9.17) is 5.11 Å². The van der Waals surface area contributed by atoms with Gasteiger partial charge in [0.2, 0.25) is 0 Å². The quantitative estimate of drug-likeness (QED) is 0.236. The average molecular weight is 503 g/mol. The molecule has 6 N–H and O–H groups in total. The second-order valence-electron chi connectivity index (χ2n) is 10.9. The van der Waals surface area contributed by atoms with E-state index in [0.717, 1.165) is 12.0 Å². The summed E-state index contributed by atoms with van der Waals surface area (Å²) in [6, 6.07) is 16.4. The van der Waals surface area contributed by atoms with Gasteiger partial charge in [-0.15, -0.1) is 0 Å². The molecule has 0 fully saturated rings. The number of aliphatic hydroxyl groups excluding tert-OH is 6. The van der Waals surface area contributed by atoms with Crippen LogP contribution in [-0.4, -0.2) is 67.8 Å². The number of aliphatic hydroxyl groups is 6. The molecule has 2 aromatic rings. The Morgan fingerprint density at radius 3 is 1.50 bits per heavy atom. The summed E-state index contributed by atoms with van der Waals surface area (Å²) in [4.78, 5) is 0. The molecule has 0 aliphatic carbocycles. The van der Waals surface area contributed by atoms with E-state index in [1.54, 1.807) is 0 Å². The number of benzene rings is 2. The highest BCUT2D eigenvalue weighted by Gasteiger charge is 2.38. The van der Waals surface area contributed by atoms with Crippen LogP contribution < -0.4 is 0 Å². The first kappa shape index (κ1) is 30.4. The maximum Gasteiger partial charge on any atom is 0.111 e. The Bertz CT molecular complexity index is 914. The Hall–Kier alpha value is -1.80. The third-order valence-electron chi connectivity index (χ3n) is 7.22. The minimum absolute atomic E-state index is 0.174. The molecule has 0 aliphatic rings. The van der Waals surface area contributed by atoms with Gasteiger partial charge in [0.15, 0.2) is 0 Å². The first-order valence-electron chi connectivity index (χ1n) is 13.1. The molecule has 2 rings (SSSR count). The van der Waals surface area contributed by atoms with E-state index in [1.165, 1.54) is 16.7 Å². The highest BCUT2D eigenvalue weighted by molar-refractivity contribution is 5.31. The molecule has 0 heterocycles. The maximum absolute atomic E-state index is 11.2. The van der Waals surface area contributed by atoms with Crippen molar-refractivity contribution in [1.82, 2.24) is 0 Å². The summed E-state index contributed by atoms with van der Waals surface area (Å²) >= 11 is 0. The molecule has 6 heteroatoms. The molecule has 0 radical (unpaired) electrons. The highest BCUT2D eigenvalue weighted by Crippen LogP contribution is 2.31. The molecule has 36 heavy (non-hydrogen) atoms. The normalized spacial score (nSPS) is 18.0. The minimum Gasteiger partial charge on any atom is -0.394 e.